The minimum absolute atomic E-state index is 0.0124. The van der Waals surface area contributed by atoms with E-state index in [-0.39, 0.29) is 5.91 Å². The van der Waals surface area contributed by atoms with E-state index in [1.54, 1.807) is 12.1 Å². The second kappa shape index (κ2) is 5.48. The minimum atomic E-state index is 0.0124. The lowest BCUT2D eigenvalue weighted by molar-refractivity contribution is 0.0733. The van der Waals surface area contributed by atoms with Gasteiger partial charge in [-0.05, 0) is 36.8 Å². The lowest BCUT2D eigenvalue weighted by atomic mass is 10.1. The van der Waals surface area contributed by atoms with Gasteiger partial charge in [-0.2, -0.15) is 0 Å². The molecule has 0 radical (unpaired) electrons. The van der Waals surface area contributed by atoms with Gasteiger partial charge in [0.25, 0.3) is 5.91 Å². The van der Waals surface area contributed by atoms with Gasteiger partial charge in [0.05, 0.1) is 6.54 Å². The van der Waals surface area contributed by atoms with Crippen LogP contribution in [0.2, 0.25) is 0 Å². The van der Waals surface area contributed by atoms with Crippen LogP contribution in [0.5, 0.6) is 5.75 Å². The molecule has 0 atom stereocenters. The van der Waals surface area contributed by atoms with Gasteiger partial charge in [-0.25, -0.2) is 0 Å². The molecule has 0 spiro atoms. The summed E-state index contributed by atoms with van der Waals surface area (Å²) in [6.07, 6.45) is 0. The summed E-state index contributed by atoms with van der Waals surface area (Å²) < 4.78 is 5.69. The van der Waals surface area contributed by atoms with Crippen LogP contribution in [0.15, 0.2) is 42.5 Å². The molecule has 3 rings (SSSR count). The number of nitrogens with zero attached hydrogens (tertiary/aromatic N) is 1. The van der Waals surface area contributed by atoms with Crippen LogP contribution in [0.25, 0.3) is 0 Å². The van der Waals surface area contributed by atoms with Crippen molar-refractivity contribution in [2.75, 3.05) is 18.9 Å². The number of para-hydroxylation sites is 1. The SMILES string of the molecule is Cc1cc(C(=O)N2CCOc3ccccc3C2)ccc1N. The first-order valence-corrected chi connectivity index (χ1v) is 7.01. The number of hydrogen-bond donors (Lipinski definition) is 1. The molecule has 0 saturated carbocycles. The van der Waals surface area contributed by atoms with E-state index in [1.807, 2.05) is 42.2 Å². The second-order valence-electron chi connectivity index (χ2n) is 5.25. The zero-order valence-electron chi connectivity index (χ0n) is 12.0. The maximum atomic E-state index is 12.7. The number of carbonyl (C=O) groups excluding carboxylic acids is 1. The number of fused-ring (bicyclic) bond motifs is 1. The van der Waals surface area contributed by atoms with Gasteiger partial charge in [0, 0.05) is 23.4 Å². The Morgan fingerprint density at radius 3 is 2.86 bits per heavy atom. The molecule has 21 heavy (non-hydrogen) atoms. The molecule has 4 heteroatoms. The van der Waals surface area contributed by atoms with Crippen molar-refractivity contribution < 1.29 is 9.53 Å². The van der Waals surface area contributed by atoms with Crippen LogP contribution >= 0.6 is 0 Å². The summed E-state index contributed by atoms with van der Waals surface area (Å²) in [7, 11) is 0. The van der Waals surface area contributed by atoms with Gasteiger partial charge < -0.3 is 15.4 Å². The number of nitrogens with two attached hydrogens (primary N) is 1. The summed E-state index contributed by atoms with van der Waals surface area (Å²) in [5.74, 6) is 0.875. The van der Waals surface area contributed by atoms with E-state index in [0.29, 0.717) is 30.9 Å². The average molecular weight is 282 g/mol. The number of anilines is 1. The number of amides is 1. The van der Waals surface area contributed by atoms with Crippen molar-refractivity contribution in [1.82, 2.24) is 4.90 Å². The predicted molar refractivity (Wildman–Crippen MR) is 82.3 cm³/mol. The highest BCUT2D eigenvalue weighted by molar-refractivity contribution is 5.95. The summed E-state index contributed by atoms with van der Waals surface area (Å²) in [6, 6.07) is 13.2. The fraction of sp³-hybridized carbons (Fsp3) is 0.235. The van der Waals surface area contributed by atoms with E-state index in [9.17, 15) is 4.79 Å². The Morgan fingerprint density at radius 1 is 1.24 bits per heavy atom. The maximum Gasteiger partial charge on any atom is 0.254 e. The van der Waals surface area contributed by atoms with Crippen molar-refractivity contribution in [2.24, 2.45) is 0 Å². The van der Waals surface area contributed by atoms with Gasteiger partial charge in [0.1, 0.15) is 12.4 Å². The van der Waals surface area contributed by atoms with Gasteiger partial charge in [-0.15, -0.1) is 0 Å². The molecule has 1 heterocycles. The van der Waals surface area contributed by atoms with Crippen LogP contribution in [0, 0.1) is 6.92 Å². The molecule has 0 saturated heterocycles. The highest BCUT2D eigenvalue weighted by Gasteiger charge is 2.20. The van der Waals surface area contributed by atoms with Gasteiger partial charge in [0.2, 0.25) is 0 Å². The first-order chi connectivity index (χ1) is 10.1. The number of carbonyl (C=O) groups is 1. The van der Waals surface area contributed by atoms with Crippen molar-refractivity contribution >= 4 is 11.6 Å². The van der Waals surface area contributed by atoms with E-state index < -0.39 is 0 Å². The van der Waals surface area contributed by atoms with Gasteiger partial charge in [-0.3, -0.25) is 4.79 Å². The van der Waals surface area contributed by atoms with Crippen LogP contribution in [-0.2, 0) is 6.54 Å². The topological polar surface area (TPSA) is 55.6 Å². The Bertz CT molecular complexity index is 682. The molecule has 4 nitrogen and oxygen atoms in total. The van der Waals surface area contributed by atoms with Gasteiger partial charge in [0.15, 0.2) is 0 Å². The summed E-state index contributed by atoms with van der Waals surface area (Å²) in [6.45, 7) is 3.57. The number of hydrogen-bond acceptors (Lipinski definition) is 3. The van der Waals surface area contributed by atoms with Gasteiger partial charge >= 0.3 is 0 Å². The number of ether oxygens (including phenoxy) is 1. The van der Waals surface area contributed by atoms with E-state index in [2.05, 4.69) is 0 Å². The van der Waals surface area contributed by atoms with Crippen LogP contribution in [0.4, 0.5) is 5.69 Å². The van der Waals surface area contributed by atoms with Crippen molar-refractivity contribution in [1.29, 1.82) is 0 Å². The van der Waals surface area contributed by atoms with Crippen molar-refractivity contribution in [2.45, 2.75) is 13.5 Å². The fourth-order valence-corrected chi connectivity index (χ4v) is 2.49. The van der Waals surface area contributed by atoms with Crippen molar-refractivity contribution in [3.63, 3.8) is 0 Å². The third-order valence-corrected chi connectivity index (χ3v) is 3.76. The normalized spacial score (nSPS) is 14.0. The fourth-order valence-electron chi connectivity index (χ4n) is 2.49. The zero-order chi connectivity index (χ0) is 14.8. The van der Waals surface area contributed by atoms with E-state index in [4.69, 9.17) is 10.5 Å². The summed E-state index contributed by atoms with van der Waals surface area (Å²) in [5, 5.41) is 0. The lowest BCUT2D eigenvalue weighted by Crippen LogP contribution is -2.32. The largest absolute Gasteiger partial charge is 0.491 e. The van der Waals surface area contributed by atoms with E-state index >= 15 is 0 Å². The van der Waals surface area contributed by atoms with Crippen molar-refractivity contribution in [3.8, 4) is 5.75 Å². The standard InChI is InChI=1S/C17H18N2O2/c1-12-10-13(6-7-15(12)18)17(20)19-8-9-21-16-5-3-2-4-14(16)11-19/h2-7,10H,8-9,11,18H2,1H3. The Labute approximate surface area is 124 Å². The zero-order valence-corrected chi connectivity index (χ0v) is 12.0. The van der Waals surface area contributed by atoms with E-state index in [1.165, 1.54) is 0 Å². The molecule has 0 aliphatic carbocycles. The van der Waals surface area contributed by atoms with Crippen molar-refractivity contribution in [3.05, 3.63) is 59.2 Å². The molecule has 2 aromatic rings. The quantitative estimate of drug-likeness (QED) is 0.818. The molecular formula is C17H18N2O2. The molecule has 108 valence electrons. The maximum absolute atomic E-state index is 12.7. The summed E-state index contributed by atoms with van der Waals surface area (Å²) >= 11 is 0. The number of aryl methyl sites for hydroxylation is 1. The lowest BCUT2D eigenvalue weighted by Gasteiger charge is -2.20. The highest BCUT2D eigenvalue weighted by Crippen LogP contribution is 2.24. The van der Waals surface area contributed by atoms with Crippen LogP contribution in [-0.4, -0.2) is 24.0 Å². The molecule has 0 unspecified atom stereocenters. The summed E-state index contributed by atoms with van der Waals surface area (Å²) in [5.41, 5.74) is 9.14. The predicted octanol–water partition coefficient (Wildman–Crippen LogP) is 2.61. The smallest absolute Gasteiger partial charge is 0.254 e. The number of rotatable bonds is 1. The number of nitrogen functional groups attached to an aromatic ring is 1. The third kappa shape index (κ3) is 2.70. The minimum Gasteiger partial charge on any atom is -0.491 e. The van der Waals surface area contributed by atoms with E-state index in [0.717, 1.165) is 16.9 Å². The summed E-state index contributed by atoms with van der Waals surface area (Å²) in [4.78, 5) is 14.5. The molecule has 1 aliphatic heterocycles. The highest BCUT2D eigenvalue weighted by atomic mass is 16.5. The second-order valence-corrected chi connectivity index (χ2v) is 5.25. The first-order valence-electron chi connectivity index (χ1n) is 7.01. The first kappa shape index (κ1) is 13.5. The third-order valence-electron chi connectivity index (χ3n) is 3.76. The Balaban J connectivity index is 1.86. The molecule has 0 aromatic heterocycles. The molecule has 2 aromatic carbocycles. The Morgan fingerprint density at radius 2 is 2.05 bits per heavy atom. The molecule has 1 amide bonds. The monoisotopic (exact) mass is 282 g/mol. The molecule has 1 aliphatic rings. The van der Waals surface area contributed by atoms with Crippen LogP contribution in [0.3, 0.4) is 0 Å². The van der Waals surface area contributed by atoms with Crippen LogP contribution < -0.4 is 10.5 Å². The van der Waals surface area contributed by atoms with Crippen LogP contribution in [0.1, 0.15) is 21.5 Å². The average Bonchev–Trinajstić information content (AvgIpc) is 2.71. The Hall–Kier alpha value is -2.49. The Kier molecular flexibility index (Phi) is 3.52. The molecular weight excluding hydrogens is 264 g/mol. The molecule has 0 bridgehead atoms. The molecule has 0 fully saturated rings. The molecule has 2 N–H and O–H groups in total. The number of benzene rings is 2. The van der Waals surface area contributed by atoms with Gasteiger partial charge in [-0.1, -0.05) is 18.2 Å².